The van der Waals surface area contributed by atoms with Crippen molar-refractivity contribution in [1.82, 2.24) is 5.32 Å². The molecule has 3 rings (SSSR count). The molecule has 1 atom stereocenters. The highest BCUT2D eigenvalue weighted by Gasteiger charge is 2.27. The minimum atomic E-state index is -0.817. The standard InChI is InChI=1S/C19H20N2O3/c1-13(18(22)21-15-11-12-15)24-19(23)16-9-5-6-10-17(16)20-14-7-3-2-4-8-14/h2-10,13,15,20H,11-12H2,1H3,(H,21,22)/t13-/m0/s1. The highest BCUT2D eigenvalue weighted by molar-refractivity contribution is 5.98. The van der Waals surface area contributed by atoms with Gasteiger partial charge in [0.2, 0.25) is 0 Å². The van der Waals surface area contributed by atoms with Crippen molar-refractivity contribution in [2.24, 2.45) is 0 Å². The molecular weight excluding hydrogens is 304 g/mol. The van der Waals surface area contributed by atoms with Crippen molar-refractivity contribution in [3.8, 4) is 0 Å². The Labute approximate surface area is 141 Å². The third kappa shape index (κ3) is 4.13. The van der Waals surface area contributed by atoms with Gasteiger partial charge in [0.25, 0.3) is 5.91 Å². The van der Waals surface area contributed by atoms with Crippen LogP contribution < -0.4 is 10.6 Å². The third-order valence-electron chi connectivity index (χ3n) is 3.78. The molecular formula is C19H20N2O3. The van der Waals surface area contributed by atoms with Gasteiger partial charge in [-0.1, -0.05) is 30.3 Å². The van der Waals surface area contributed by atoms with Gasteiger partial charge in [0, 0.05) is 11.7 Å². The van der Waals surface area contributed by atoms with Crippen LogP contribution in [0.2, 0.25) is 0 Å². The molecule has 124 valence electrons. The van der Waals surface area contributed by atoms with Gasteiger partial charge in [-0.25, -0.2) is 4.79 Å². The summed E-state index contributed by atoms with van der Waals surface area (Å²) < 4.78 is 5.31. The summed E-state index contributed by atoms with van der Waals surface area (Å²) in [5.74, 6) is -0.771. The zero-order valence-electron chi connectivity index (χ0n) is 13.5. The maximum absolute atomic E-state index is 12.4. The molecule has 5 heteroatoms. The second kappa shape index (κ2) is 7.17. The van der Waals surface area contributed by atoms with E-state index in [1.165, 1.54) is 0 Å². The number of anilines is 2. The largest absolute Gasteiger partial charge is 0.449 e. The quantitative estimate of drug-likeness (QED) is 0.801. The van der Waals surface area contributed by atoms with E-state index in [-0.39, 0.29) is 11.9 Å². The van der Waals surface area contributed by atoms with E-state index in [1.807, 2.05) is 36.4 Å². The maximum Gasteiger partial charge on any atom is 0.341 e. The van der Waals surface area contributed by atoms with Gasteiger partial charge >= 0.3 is 5.97 Å². The molecule has 0 aliphatic heterocycles. The molecule has 0 saturated heterocycles. The van der Waals surface area contributed by atoms with Crippen LogP contribution in [0, 0.1) is 0 Å². The first-order valence-corrected chi connectivity index (χ1v) is 8.06. The Morgan fingerprint density at radius 3 is 2.42 bits per heavy atom. The first-order valence-electron chi connectivity index (χ1n) is 8.06. The van der Waals surface area contributed by atoms with Gasteiger partial charge in [0.15, 0.2) is 6.10 Å². The van der Waals surface area contributed by atoms with E-state index in [0.29, 0.717) is 11.3 Å². The zero-order valence-corrected chi connectivity index (χ0v) is 13.5. The molecule has 0 heterocycles. The Kier molecular flexibility index (Phi) is 4.79. The Hall–Kier alpha value is -2.82. The minimum absolute atomic E-state index is 0.241. The summed E-state index contributed by atoms with van der Waals surface area (Å²) in [5.41, 5.74) is 1.91. The van der Waals surface area contributed by atoms with Crippen molar-refractivity contribution in [1.29, 1.82) is 0 Å². The molecule has 1 aliphatic carbocycles. The smallest absolute Gasteiger partial charge is 0.341 e. The van der Waals surface area contributed by atoms with Gasteiger partial charge in [-0.2, -0.15) is 0 Å². The van der Waals surface area contributed by atoms with Crippen LogP contribution in [-0.4, -0.2) is 24.0 Å². The summed E-state index contributed by atoms with van der Waals surface area (Å²) in [6.45, 7) is 1.59. The van der Waals surface area contributed by atoms with E-state index < -0.39 is 12.1 Å². The van der Waals surface area contributed by atoms with Crippen LogP contribution in [0.5, 0.6) is 0 Å². The topological polar surface area (TPSA) is 67.4 Å². The molecule has 0 bridgehead atoms. The van der Waals surface area contributed by atoms with E-state index in [0.717, 1.165) is 18.5 Å². The van der Waals surface area contributed by atoms with E-state index in [1.54, 1.807) is 25.1 Å². The second-order valence-corrected chi connectivity index (χ2v) is 5.87. The Morgan fingerprint density at radius 2 is 1.71 bits per heavy atom. The molecule has 0 spiro atoms. The summed E-state index contributed by atoms with van der Waals surface area (Å²) >= 11 is 0. The monoisotopic (exact) mass is 324 g/mol. The fourth-order valence-electron chi connectivity index (χ4n) is 2.27. The summed E-state index contributed by atoms with van der Waals surface area (Å²) in [6, 6.07) is 16.9. The van der Waals surface area contributed by atoms with Crippen LogP contribution >= 0.6 is 0 Å². The maximum atomic E-state index is 12.4. The Morgan fingerprint density at radius 1 is 1.04 bits per heavy atom. The molecule has 0 aromatic heterocycles. The minimum Gasteiger partial charge on any atom is -0.449 e. The average Bonchev–Trinajstić information content (AvgIpc) is 3.40. The number of rotatable bonds is 6. The molecule has 0 unspecified atom stereocenters. The van der Waals surface area contributed by atoms with E-state index in [4.69, 9.17) is 4.74 Å². The molecule has 5 nitrogen and oxygen atoms in total. The Balaban J connectivity index is 1.69. The van der Waals surface area contributed by atoms with Gasteiger partial charge in [-0.3, -0.25) is 4.79 Å². The van der Waals surface area contributed by atoms with Crippen LogP contribution in [0.25, 0.3) is 0 Å². The number of amides is 1. The lowest BCUT2D eigenvalue weighted by molar-refractivity contribution is -0.129. The molecule has 0 radical (unpaired) electrons. The normalized spacial score (nSPS) is 14.5. The van der Waals surface area contributed by atoms with Crippen LogP contribution in [0.1, 0.15) is 30.1 Å². The van der Waals surface area contributed by atoms with Gasteiger partial charge in [0.1, 0.15) is 0 Å². The number of hydrogen-bond acceptors (Lipinski definition) is 4. The SMILES string of the molecule is C[C@H](OC(=O)c1ccccc1Nc1ccccc1)C(=O)NC1CC1. The number of ether oxygens (including phenoxy) is 1. The fourth-order valence-corrected chi connectivity index (χ4v) is 2.27. The molecule has 1 amide bonds. The van der Waals surface area contributed by atoms with Crippen LogP contribution in [0.4, 0.5) is 11.4 Å². The summed E-state index contributed by atoms with van der Waals surface area (Å²) in [7, 11) is 0. The van der Waals surface area contributed by atoms with E-state index in [2.05, 4.69) is 10.6 Å². The number of nitrogens with one attached hydrogen (secondary N) is 2. The number of carbonyl (C=O) groups is 2. The molecule has 1 aliphatic rings. The van der Waals surface area contributed by atoms with Crippen molar-refractivity contribution in [3.63, 3.8) is 0 Å². The van der Waals surface area contributed by atoms with Gasteiger partial charge in [-0.15, -0.1) is 0 Å². The second-order valence-electron chi connectivity index (χ2n) is 5.87. The number of para-hydroxylation sites is 2. The van der Waals surface area contributed by atoms with E-state index >= 15 is 0 Å². The zero-order chi connectivity index (χ0) is 16.9. The number of benzene rings is 2. The molecule has 2 aromatic carbocycles. The fraction of sp³-hybridized carbons (Fsp3) is 0.263. The van der Waals surface area contributed by atoms with Crippen molar-refractivity contribution in [2.45, 2.75) is 31.9 Å². The van der Waals surface area contributed by atoms with Crippen LogP contribution in [-0.2, 0) is 9.53 Å². The van der Waals surface area contributed by atoms with Crippen molar-refractivity contribution >= 4 is 23.3 Å². The van der Waals surface area contributed by atoms with Crippen LogP contribution in [0.15, 0.2) is 54.6 Å². The highest BCUT2D eigenvalue weighted by atomic mass is 16.5. The number of hydrogen-bond donors (Lipinski definition) is 2. The van der Waals surface area contributed by atoms with Crippen LogP contribution in [0.3, 0.4) is 0 Å². The predicted molar refractivity (Wildman–Crippen MR) is 92.2 cm³/mol. The van der Waals surface area contributed by atoms with E-state index in [9.17, 15) is 9.59 Å². The van der Waals surface area contributed by atoms with Crippen molar-refractivity contribution in [2.75, 3.05) is 5.32 Å². The Bertz CT molecular complexity index is 726. The summed E-state index contributed by atoms with van der Waals surface area (Å²) in [5, 5.41) is 6.03. The van der Waals surface area contributed by atoms with Crippen molar-refractivity contribution < 1.29 is 14.3 Å². The predicted octanol–water partition coefficient (Wildman–Crippen LogP) is 3.25. The highest BCUT2D eigenvalue weighted by Crippen LogP contribution is 2.22. The van der Waals surface area contributed by atoms with Gasteiger partial charge in [-0.05, 0) is 44.0 Å². The van der Waals surface area contributed by atoms with Gasteiger partial charge < -0.3 is 15.4 Å². The van der Waals surface area contributed by atoms with Gasteiger partial charge in [0.05, 0.1) is 11.3 Å². The third-order valence-corrected chi connectivity index (χ3v) is 3.78. The first kappa shape index (κ1) is 16.1. The molecule has 24 heavy (non-hydrogen) atoms. The van der Waals surface area contributed by atoms with Crippen molar-refractivity contribution in [3.05, 3.63) is 60.2 Å². The molecule has 2 aromatic rings. The lowest BCUT2D eigenvalue weighted by atomic mass is 10.1. The molecule has 2 N–H and O–H groups in total. The first-order chi connectivity index (χ1) is 11.6. The molecule has 1 saturated carbocycles. The average molecular weight is 324 g/mol. The lowest BCUT2D eigenvalue weighted by Gasteiger charge is -2.15. The summed E-state index contributed by atoms with van der Waals surface area (Å²) in [4.78, 5) is 24.4. The number of esters is 1. The molecule has 1 fully saturated rings. The lowest BCUT2D eigenvalue weighted by Crippen LogP contribution is -2.37. The number of carbonyl (C=O) groups excluding carboxylic acids is 2. The summed E-state index contributed by atoms with van der Waals surface area (Å²) in [6.07, 6.45) is 1.18.